The number of phenols is 1. The summed E-state index contributed by atoms with van der Waals surface area (Å²) in [5, 5.41) is 17.9. The van der Waals surface area contributed by atoms with Gasteiger partial charge in [0.25, 0.3) is 17.7 Å². The molecular formula is C25H17F2N3O5. The number of hydrogen-bond acceptors (Lipinski definition) is 5. The van der Waals surface area contributed by atoms with Crippen molar-refractivity contribution in [1.82, 2.24) is 0 Å². The molecule has 0 aliphatic carbocycles. The van der Waals surface area contributed by atoms with Crippen LogP contribution >= 0.6 is 0 Å². The van der Waals surface area contributed by atoms with Crippen LogP contribution in [0.2, 0.25) is 0 Å². The molecule has 1 aromatic heterocycles. The van der Waals surface area contributed by atoms with Gasteiger partial charge in [-0.3, -0.25) is 14.4 Å². The molecule has 4 rings (SSSR count). The van der Waals surface area contributed by atoms with Crippen LogP contribution < -0.4 is 16.0 Å². The fraction of sp³-hybridized carbons (Fsp3) is 0. The zero-order chi connectivity index (χ0) is 24.9. The fourth-order valence-corrected chi connectivity index (χ4v) is 3.13. The van der Waals surface area contributed by atoms with Gasteiger partial charge in [0.05, 0.1) is 11.8 Å². The minimum Gasteiger partial charge on any atom is -0.507 e. The summed E-state index contributed by atoms with van der Waals surface area (Å²) >= 11 is 0. The lowest BCUT2D eigenvalue weighted by molar-refractivity contribution is 0.0993. The Hall–Kier alpha value is -4.99. The monoisotopic (exact) mass is 477 g/mol. The fourth-order valence-electron chi connectivity index (χ4n) is 3.13. The number of phenolic OH excluding ortho intramolecular Hbond substituents is 1. The van der Waals surface area contributed by atoms with E-state index in [1.165, 1.54) is 24.5 Å². The van der Waals surface area contributed by atoms with Gasteiger partial charge in [-0.05, 0) is 60.7 Å². The Morgan fingerprint density at radius 1 is 0.686 bits per heavy atom. The van der Waals surface area contributed by atoms with E-state index in [1.54, 1.807) is 30.3 Å². The number of carbonyl (C=O) groups excluding carboxylic acids is 3. The highest BCUT2D eigenvalue weighted by molar-refractivity contribution is 6.08. The molecule has 0 saturated carbocycles. The molecule has 0 aliphatic rings. The Morgan fingerprint density at radius 2 is 1.26 bits per heavy atom. The number of amides is 3. The van der Waals surface area contributed by atoms with Gasteiger partial charge in [0.2, 0.25) is 0 Å². The van der Waals surface area contributed by atoms with Crippen LogP contribution in [0.4, 0.5) is 25.8 Å². The molecule has 1 heterocycles. The average molecular weight is 477 g/mol. The van der Waals surface area contributed by atoms with Gasteiger partial charge in [-0.2, -0.15) is 0 Å². The summed E-state index contributed by atoms with van der Waals surface area (Å²) in [6.07, 6.45) is 1.38. The second kappa shape index (κ2) is 9.87. The van der Waals surface area contributed by atoms with Crippen LogP contribution in [0.1, 0.15) is 31.3 Å². The van der Waals surface area contributed by atoms with E-state index in [9.17, 15) is 28.3 Å². The van der Waals surface area contributed by atoms with Crippen LogP contribution in [-0.4, -0.2) is 22.8 Å². The quantitative estimate of drug-likeness (QED) is 0.311. The number of furan rings is 1. The topological polar surface area (TPSA) is 121 Å². The van der Waals surface area contributed by atoms with Crippen molar-refractivity contribution >= 4 is 34.8 Å². The van der Waals surface area contributed by atoms with E-state index < -0.39 is 35.1 Å². The molecular weight excluding hydrogens is 460 g/mol. The number of nitrogens with one attached hydrogen (secondary N) is 3. The summed E-state index contributed by atoms with van der Waals surface area (Å²) in [6.45, 7) is 0. The number of anilines is 3. The molecule has 0 spiro atoms. The van der Waals surface area contributed by atoms with Crippen LogP contribution in [0, 0.1) is 11.6 Å². The van der Waals surface area contributed by atoms with E-state index in [0.717, 1.165) is 18.2 Å². The van der Waals surface area contributed by atoms with E-state index in [-0.39, 0.29) is 22.6 Å². The predicted molar refractivity (Wildman–Crippen MR) is 123 cm³/mol. The van der Waals surface area contributed by atoms with Gasteiger partial charge in [0.15, 0.2) is 5.76 Å². The maximum Gasteiger partial charge on any atom is 0.291 e. The molecule has 35 heavy (non-hydrogen) atoms. The molecule has 0 atom stereocenters. The lowest BCUT2D eigenvalue weighted by Gasteiger charge is -2.10. The number of rotatable bonds is 6. The van der Waals surface area contributed by atoms with Crippen LogP contribution in [0.15, 0.2) is 83.5 Å². The van der Waals surface area contributed by atoms with E-state index in [4.69, 9.17) is 4.42 Å². The van der Waals surface area contributed by atoms with Gasteiger partial charge in [0.1, 0.15) is 17.4 Å². The maximum absolute atomic E-state index is 13.3. The molecule has 4 aromatic rings. The molecule has 8 nitrogen and oxygen atoms in total. The van der Waals surface area contributed by atoms with Gasteiger partial charge in [-0.1, -0.05) is 0 Å². The Kier molecular flexibility index (Phi) is 6.54. The van der Waals surface area contributed by atoms with Gasteiger partial charge in [-0.15, -0.1) is 0 Å². The molecule has 10 heteroatoms. The largest absolute Gasteiger partial charge is 0.507 e. The number of benzene rings is 3. The standard InChI is InChI=1S/C25H17F2N3O5/c26-15-10-14(11-16(27)12-15)23(32)30-19-7-8-20(21(31)13-19)24(33)28-17-3-5-18(6-4-17)29-25(34)22-2-1-9-35-22/h1-13,31H,(H,28,33)(H,29,34)(H,30,32). The zero-order valence-corrected chi connectivity index (χ0v) is 17.8. The predicted octanol–water partition coefficient (Wildman–Crippen LogP) is 5.02. The van der Waals surface area contributed by atoms with Crippen molar-refractivity contribution in [2.24, 2.45) is 0 Å². The Balaban J connectivity index is 1.39. The van der Waals surface area contributed by atoms with Crippen molar-refractivity contribution < 1.29 is 32.7 Å². The van der Waals surface area contributed by atoms with Crippen molar-refractivity contribution in [2.45, 2.75) is 0 Å². The van der Waals surface area contributed by atoms with Crippen molar-refractivity contribution in [2.75, 3.05) is 16.0 Å². The zero-order valence-electron chi connectivity index (χ0n) is 17.8. The second-order valence-electron chi connectivity index (χ2n) is 7.31. The van der Waals surface area contributed by atoms with Gasteiger partial charge in [0, 0.05) is 34.8 Å². The Labute approximate surface area is 197 Å². The summed E-state index contributed by atoms with van der Waals surface area (Å²) in [7, 11) is 0. The third-order valence-electron chi connectivity index (χ3n) is 4.77. The summed E-state index contributed by atoms with van der Waals surface area (Å²) in [5.74, 6) is -3.92. The van der Waals surface area contributed by atoms with Crippen LogP contribution in [-0.2, 0) is 0 Å². The number of hydrogen-bond donors (Lipinski definition) is 4. The van der Waals surface area contributed by atoms with Gasteiger partial charge in [-0.25, -0.2) is 8.78 Å². The molecule has 176 valence electrons. The minimum absolute atomic E-state index is 0.0741. The molecule has 3 aromatic carbocycles. The van der Waals surface area contributed by atoms with Crippen molar-refractivity contribution in [1.29, 1.82) is 0 Å². The molecule has 0 fully saturated rings. The smallest absolute Gasteiger partial charge is 0.291 e. The van der Waals surface area contributed by atoms with E-state index in [2.05, 4.69) is 16.0 Å². The van der Waals surface area contributed by atoms with E-state index in [1.807, 2.05) is 0 Å². The first-order valence-corrected chi connectivity index (χ1v) is 10.2. The maximum atomic E-state index is 13.3. The van der Waals surface area contributed by atoms with Crippen molar-refractivity contribution in [3.63, 3.8) is 0 Å². The molecule has 4 N–H and O–H groups in total. The lowest BCUT2D eigenvalue weighted by Crippen LogP contribution is -2.14. The number of aromatic hydroxyl groups is 1. The molecule has 0 unspecified atom stereocenters. The van der Waals surface area contributed by atoms with Gasteiger partial charge >= 0.3 is 0 Å². The minimum atomic E-state index is -0.905. The SMILES string of the molecule is O=C(Nc1ccc(C(=O)Nc2ccc(NC(=O)c3ccco3)cc2)c(O)c1)c1cc(F)cc(F)c1. The van der Waals surface area contributed by atoms with Crippen molar-refractivity contribution in [3.05, 3.63) is 108 Å². The van der Waals surface area contributed by atoms with Gasteiger partial charge < -0.3 is 25.5 Å². The molecule has 0 radical (unpaired) electrons. The average Bonchev–Trinajstić information content (AvgIpc) is 3.35. The first-order chi connectivity index (χ1) is 16.8. The Bertz CT molecular complexity index is 1380. The van der Waals surface area contributed by atoms with E-state index in [0.29, 0.717) is 17.4 Å². The van der Waals surface area contributed by atoms with E-state index >= 15 is 0 Å². The third kappa shape index (κ3) is 5.69. The highest BCUT2D eigenvalue weighted by Gasteiger charge is 2.15. The highest BCUT2D eigenvalue weighted by atomic mass is 19.1. The van der Waals surface area contributed by atoms with Crippen LogP contribution in [0.5, 0.6) is 5.75 Å². The van der Waals surface area contributed by atoms with Crippen LogP contribution in [0.25, 0.3) is 0 Å². The van der Waals surface area contributed by atoms with Crippen LogP contribution in [0.3, 0.4) is 0 Å². The molecule has 3 amide bonds. The third-order valence-corrected chi connectivity index (χ3v) is 4.77. The summed E-state index contributed by atoms with van der Waals surface area (Å²) < 4.78 is 31.7. The summed E-state index contributed by atoms with van der Waals surface area (Å²) in [5.41, 5.74) is 0.675. The first-order valence-electron chi connectivity index (χ1n) is 10.2. The lowest BCUT2D eigenvalue weighted by atomic mass is 10.1. The summed E-state index contributed by atoms with van der Waals surface area (Å²) in [4.78, 5) is 36.8. The number of halogens is 2. The second-order valence-corrected chi connectivity index (χ2v) is 7.31. The molecule has 0 saturated heterocycles. The summed E-state index contributed by atoms with van der Waals surface area (Å²) in [6, 6.07) is 15.5. The Morgan fingerprint density at radius 3 is 1.83 bits per heavy atom. The normalized spacial score (nSPS) is 10.5. The highest BCUT2D eigenvalue weighted by Crippen LogP contribution is 2.24. The molecule has 0 aliphatic heterocycles. The van der Waals surface area contributed by atoms with Crippen molar-refractivity contribution in [3.8, 4) is 5.75 Å². The first kappa shape index (κ1) is 23.2. The molecule has 0 bridgehead atoms. The number of carbonyl (C=O) groups is 3.